The lowest BCUT2D eigenvalue weighted by Gasteiger charge is -2.08. The van der Waals surface area contributed by atoms with E-state index in [-0.39, 0.29) is 1.43 Å². The van der Waals surface area contributed by atoms with Crippen LogP contribution in [0.1, 0.15) is 12.6 Å². The van der Waals surface area contributed by atoms with Gasteiger partial charge >= 0.3 is 0 Å². The summed E-state index contributed by atoms with van der Waals surface area (Å²) in [6, 6.07) is 6.24. The molecule has 1 aliphatic heterocycles. The molecule has 0 spiro atoms. The largest absolute Gasteiger partial charge is 0.491 e. The molecule has 2 rings (SSSR count). The van der Waals surface area contributed by atoms with E-state index in [4.69, 9.17) is 9.47 Å². The van der Waals surface area contributed by atoms with Crippen LogP contribution in [0.4, 0.5) is 0 Å². The third-order valence-electron chi connectivity index (χ3n) is 2.17. The molecule has 1 aliphatic rings. The van der Waals surface area contributed by atoms with Crippen molar-refractivity contribution in [2.75, 3.05) is 13.2 Å². The standard InChI is InChI=1S/C11H14O2.H2/c1-8-3-4-9(2)11(5-8)13-7-10-6-12-10;/h3-5,10H,6-7H2,1-2H3;1H. The van der Waals surface area contributed by atoms with E-state index in [1.54, 1.807) is 0 Å². The molecular weight excluding hydrogens is 164 g/mol. The highest BCUT2D eigenvalue weighted by molar-refractivity contribution is 5.35. The number of ether oxygens (including phenoxy) is 2. The van der Waals surface area contributed by atoms with Crippen LogP contribution in [0.5, 0.6) is 5.75 Å². The predicted molar refractivity (Wildman–Crippen MR) is 53.3 cm³/mol. The Kier molecular flexibility index (Phi) is 2.23. The first kappa shape index (κ1) is 8.57. The average molecular weight is 180 g/mol. The smallest absolute Gasteiger partial charge is 0.122 e. The zero-order valence-corrected chi connectivity index (χ0v) is 8.04. The molecule has 0 amide bonds. The van der Waals surface area contributed by atoms with Crippen LogP contribution in [0, 0.1) is 13.8 Å². The molecular formula is C11H16O2. The van der Waals surface area contributed by atoms with Crippen molar-refractivity contribution in [3.05, 3.63) is 29.3 Å². The predicted octanol–water partition coefficient (Wildman–Crippen LogP) is 2.33. The minimum atomic E-state index is 0. The number of epoxide rings is 1. The van der Waals surface area contributed by atoms with Crippen LogP contribution in [0.3, 0.4) is 0 Å². The molecule has 13 heavy (non-hydrogen) atoms. The van der Waals surface area contributed by atoms with Crippen LogP contribution in [0.2, 0.25) is 0 Å². The fourth-order valence-electron chi connectivity index (χ4n) is 1.21. The molecule has 0 N–H and O–H groups in total. The number of aryl methyl sites for hydroxylation is 2. The Morgan fingerprint density at radius 2 is 2.31 bits per heavy atom. The Morgan fingerprint density at radius 1 is 1.54 bits per heavy atom. The first-order chi connectivity index (χ1) is 6.25. The van der Waals surface area contributed by atoms with Crippen molar-refractivity contribution in [2.45, 2.75) is 20.0 Å². The number of benzene rings is 1. The van der Waals surface area contributed by atoms with Crippen LogP contribution in [-0.2, 0) is 4.74 Å². The third kappa shape index (κ3) is 2.22. The minimum Gasteiger partial charge on any atom is -0.491 e. The summed E-state index contributed by atoms with van der Waals surface area (Å²) in [5.74, 6) is 0.982. The molecule has 1 aromatic rings. The highest BCUT2D eigenvalue weighted by Gasteiger charge is 2.23. The highest BCUT2D eigenvalue weighted by atomic mass is 16.6. The lowest BCUT2D eigenvalue weighted by atomic mass is 10.1. The van der Waals surface area contributed by atoms with Crippen molar-refractivity contribution >= 4 is 0 Å². The summed E-state index contributed by atoms with van der Waals surface area (Å²) in [6.07, 6.45) is 0.333. The van der Waals surface area contributed by atoms with Gasteiger partial charge in [0.25, 0.3) is 0 Å². The van der Waals surface area contributed by atoms with Gasteiger partial charge in [-0.3, -0.25) is 0 Å². The summed E-state index contributed by atoms with van der Waals surface area (Å²) in [5.41, 5.74) is 2.42. The topological polar surface area (TPSA) is 21.8 Å². The van der Waals surface area contributed by atoms with Crippen molar-refractivity contribution in [3.63, 3.8) is 0 Å². The van der Waals surface area contributed by atoms with E-state index in [9.17, 15) is 0 Å². The highest BCUT2D eigenvalue weighted by Crippen LogP contribution is 2.20. The number of rotatable bonds is 3. The third-order valence-corrected chi connectivity index (χ3v) is 2.17. The van der Waals surface area contributed by atoms with Gasteiger partial charge in [0.15, 0.2) is 0 Å². The van der Waals surface area contributed by atoms with Gasteiger partial charge in [-0.05, 0) is 31.0 Å². The van der Waals surface area contributed by atoms with Crippen LogP contribution < -0.4 is 4.74 Å². The second-order valence-electron chi connectivity index (χ2n) is 3.54. The van der Waals surface area contributed by atoms with E-state index < -0.39 is 0 Å². The first-order valence-corrected chi connectivity index (χ1v) is 4.57. The van der Waals surface area contributed by atoms with Gasteiger partial charge in [0.05, 0.1) is 6.61 Å². The summed E-state index contributed by atoms with van der Waals surface area (Å²) in [5, 5.41) is 0. The first-order valence-electron chi connectivity index (χ1n) is 4.57. The van der Waals surface area contributed by atoms with Gasteiger partial charge in [-0.2, -0.15) is 0 Å². The second-order valence-corrected chi connectivity index (χ2v) is 3.54. The molecule has 1 saturated heterocycles. The normalized spacial score (nSPS) is 20.0. The van der Waals surface area contributed by atoms with Crippen molar-refractivity contribution in [3.8, 4) is 5.75 Å². The molecule has 0 aliphatic carbocycles. The summed E-state index contributed by atoms with van der Waals surface area (Å²) in [4.78, 5) is 0. The molecule has 0 bridgehead atoms. The van der Waals surface area contributed by atoms with Gasteiger partial charge in [-0.15, -0.1) is 0 Å². The van der Waals surface area contributed by atoms with Crippen molar-refractivity contribution in [1.82, 2.24) is 0 Å². The van der Waals surface area contributed by atoms with Gasteiger partial charge in [-0.1, -0.05) is 12.1 Å². The Bertz CT molecular complexity index is 308. The zero-order chi connectivity index (χ0) is 9.26. The fourth-order valence-corrected chi connectivity index (χ4v) is 1.21. The molecule has 0 aromatic heterocycles. The molecule has 2 nitrogen and oxygen atoms in total. The fraction of sp³-hybridized carbons (Fsp3) is 0.455. The Labute approximate surface area is 80.0 Å². The maximum absolute atomic E-state index is 5.62. The lowest BCUT2D eigenvalue weighted by Crippen LogP contribution is -2.05. The summed E-state index contributed by atoms with van der Waals surface area (Å²) in [7, 11) is 0. The van der Waals surface area contributed by atoms with Gasteiger partial charge < -0.3 is 9.47 Å². The van der Waals surface area contributed by atoms with Crippen molar-refractivity contribution in [1.29, 1.82) is 0 Å². The molecule has 1 atom stereocenters. The van der Waals surface area contributed by atoms with Gasteiger partial charge in [0.2, 0.25) is 0 Å². The quantitative estimate of drug-likeness (QED) is 0.666. The Hall–Kier alpha value is -1.02. The molecule has 0 saturated carbocycles. The molecule has 1 fully saturated rings. The Morgan fingerprint density at radius 3 is 3.00 bits per heavy atom. The average Bonchev–Trinajstić information content (AvgIpc) is 2.90. The van der Waals surface area contributed by atoms with Crippen LogP contribution in [0.25, 0.3) is 0 Å². The van der Waals surface area contributed by atoms with E-state index in [0.29, 0.717) is 12.7 Å². The molecule has 1 heterocycles. The SMILES string of the molecule is Cc1ccc(C)c(OCC2CO2)c1.[HH]. The number of hydrogen-bond acceptors (Lipinski definition) is 2. The van der Waals surface area contributed by atoms with Crippen LogP contribution in [0.15, 0.2) is 18.2 Å². The second kappa shape index (κ2) is 3.38. The van der Waals surface area contributed by atoms with E-state index in [1.165, 1.54) is 11.1 Å². The lowest BCUT2D eigenvalue weighted by molar-refractivity contribution is 0.261. The zero-order valence-electron chi connectivity index (χ0n) is 8.04. The van der Waals surface area contributed by atoms with E-state index in [1.807, 2.05) is 0 Å². The molecule has 1 unspecified atom stereocenters. The molecule has 72 valence electrons. The minimum absolute atomic E-state index is 0. The van der Waals surface area contributed by atoms with E-state index in [0.717, 1.165) is 12.4 Å². The van der Waals surface area contributed by atoms with E-state index >= 15 is 0 Å². The van der Waals surface area contributed by atoms with Crippen molar-refractivity contribution in [2.24, 2.45) is 0 Å². The van der Waals surface area contributed by atoms with Crippen molar-refractivity contribution < 1.29 is 10.9 Å². The van der Waals surface area contributed by atoms with Gasteiger partial charge in [-0.25, -0.2) is 0 Å². The summed E-state index contributed by atoms with van der Waals surface area (Å²) >= 11 is 0. The number of hydrogen-bond donors (Lipinski definition) is 0. The molecule has 0 radical (unpaired) electrons. The monoisotopic (exact) mass is 180 g/mol. The van der Waals surface area contributed by atoms with E-state index in [2.05, 4.69) is 32.0 Å². The Balaban J connectivity index is 0.000000980. The maximum atomic E-state index is 5.62. The van der Waals surface area contributed by atoms with Gasteiger partial charge in [0.1, 0.15) is 18.5 Å². The maximum Gasteiger partial charge on any atom is 0.122 e. The van der Waals surface area contributed by atoms with Crippen LogP contribution >= 0.6 is 0 Å². The van der Waals surface area contributed by atoms with Crippen LogP contribution in [-0.4, -0.2) is 19.3 Å². The summed E-state index contributed by atoms with van der Waals surface area (Å²) < 4.78 is 10.7. The summed E-state index contributed by atoms with van der Waals surface area (Å²) in [6.45, 7) is 5.66. The molecule has 2 heteroatoms. The molecule has 1 aromatic carbocycles. The van der Waals surface area contributed by atoms with Gasteiger partial charge in [0, 0.05) is 1.43 Å².